The number of hydrogen-bond donors (Lipinski definition) is 0. The van der Waals surface area contributed by atoms with Gasteiger partial charge in [0.25, 0.3) is 0 Å². The fourth-order valence-corrected chi connectivity index (χ4v) is 3.94. The molecule has 1 aliphatic carbocycles. The van der Waals surface area contributed by atoms with Crippen LogP contribution in [-0.4, -0.2) is 0 Å². The van der Waals surface area contributed by atoms with Crippen molar-refractivity contribution >= 4 is 27.5 Å². The number of para-hydroxylation sites is 1. The molecule has 0 saturated carbocycles. The van der Waals surface area contributed by atoms with Gasteiger partial charge in [-0.15, -0.1) is 0 Å². The van der Waals surface area contributed by atoms with Gasteiger partial charge >= 0.3 is 0 Å². The molecule has 0 aliphatic heterocycles. The lowest BCUT2D eigenvalue weighted by molar-refractivity contribution is 0.481. The van der Waals surface area contributed by atoms with Gasteiger partial charge in [-0.25, -0.2) is 0 Å². The zero-order chi connectivity index (χ0) is 16.9. The summed E-state index contributed by atoms with van der Waals surface area (Å²) in [5, 5.41) is 0.615. The molecule has 120 valence electrons. The van der Waals surface area contributed by atoms with Gasteiger partial charge in [0, 0.05) is 9.89 Å². The molecular formula is C21H16BrClO. The lowest BCUT2D eigenvalue weighted by Gasteiger charge is -2.22. The maximum absolute atomic E-state index is 6.21. The van der Waals surface area contributed by atoms with Crippen LogP contribution < -0.4 is 4.74 Å². The van der Waals surface area contributed by atoms with E-state index in [0.29, 0.717) is 10.8 Å². The Morgan fingerprint density at radius 3 is 2.29 bits per heavy atom. The third kappa shape index (κ3) is 2.45. The average molecular weight is 400 g/mol. The van der Waals surface area contributed by atoms with Gasteiger partial charge < -0.3 is 4.74 Å². The molecule has 0 fully saturated rings. The molecule has 4 rings (SSSR count). The molecule has 1 nitrogen and oxygen atoms in total. The lowest BCUT2D eigenvalue weighted by Crippen LogP contribution is -2.15. The first-order chi connectivity index (χ1) is 11.5. The van der Waals surface area contributed by atoms with Gasteiger partial charge in [0.15, 0.2) is 0 Å². The predicted molar refractivity (Wildman–Crippen MR) is 103 cm³/mol. The number of fused-ring (bicyclic) bond motifs is 3. The lowest BCUT2D eigenvalue weighted by atomic mass is 9.82. The molecule has 3 aromatic rings. The van der Waals surface area contributed by atoms with Gasteiger partial charge in [0.2, 0.25) is 0 Å². The van der Waals surface area contributed by atoms with Crippen LogP contribution in [0, 0.1) is 0 Å². The van der Waals surface area contributed by atoms with E-state index in [0.717, 1.165) is 10.2 Å². The number of ether oxygens (including phenoxy) is 1. The summed E-state index contributed by atoms with van der Waals surface area (Å²) < 4.78 is 7.12. The summed E-state index contributed by atoms with van der Waals surface area (Å²) in [5.41, 5.74) is 5.12. The van der Waals surface area contributed by atoms with Gasteiger partial charge in [-0.05, 0) is 58.7 Å². The van der Waals surface area contributed by atoms with Gasteiger partial charge in [0.05, 0.1) is 5.02 Å². The van der Waals surface area contributed by atoms with Crippen LogP contribution in [0.25, 0.3) is 11.1 Å². The smallest absolute Gasteiger partial charge is 0.146 e. The topological polar surface area (TPSA) is 9.23 Å². The fourth-order valence-electron chi connectivity index (χ4n) is 3.41. The van der Waals surface area contributed by atoms with Crippen molar-refractivity contribution in [3.8, 4) is 22.6 Å². The first-order valence-electron chi connectivity index (χ1n) is 7.84. The minimum atomic E-state index is -0.0612. The largest absolute Gasteiger partial charge is 0.456 e. The quantitative estimate of drug-likeness (QED) is 0.442. The van der Waals surface area contributed by atoms with Crippen LogP contribution in [0.3, 0.4) is 0 Å². The van der Waals surface area contributed by atoms with E-state index < -0.39 is 0 Å². The van der Waals surface area contributed by atoms with Crippen molar-refractivity contribution in [1.82, 2.24) is 0 Å². The van der Waals surface area contributed by atoms with Crippen LogP contribution in [0.2, 0.25) is 5.02 Å². The minimum Gasteiger partial charge on any atom is -0.456 e. The molecule has 0 unspecified atom stereocenters. The Bertz CT molecular complexity index is 946. The normalized spacial score (nSPS) is 14.2. The van der Waals surface area contributed by atoms with Crippen LogP contribution in [0.15, 0.2) is 65.1 Å². The molecule has 0 aromatic heterocycles. The molecule has 0 amide bonds. The van der Waals surface area contributed by atoms with Crippen molar-refractivity contribution in [2.24, 2.45) is 0 Å². The summed E-state index contributed by atoms with van der Waals surface area (Å²) in [7, 11) is 0. The Hall–Kier alpha value is -1.77. The van der Waals surface area contributed by atoms with Crippen LogP contribution in [0.1, 0.15) is 25.0 Å². The molecule has 0 atom stereocenters. The summed E-state index contributed by atoms with van der Waals surface area (Å²) >= 11 is 9.80. The summed E-state index contributed by atoms with van der Waals surface area (Å²) in [6.07, 6.45) is 0. The maximum atomic E-state index is 6.21. The van der Waals surface area contributed by atoms with Crippen LogP contribution in [0.4, 0.5) is 0 Å². The van der Waals surface area contributed by atoms with E-state index in [1.54, 1.807) is 0 Å². The molecular weight excluding hydrogens is 384 g/mol. The molecule has 0 N–H and O–H groups in total. The van der Waals surface area contributed by atoms with Gasteiger partial charge in [-0.2, -0.15) is 0 Å². The Labute approximate surface area is 155 Å². The molecule has 0 saturated heterocycles. The number of rotatable bonds is 2. The Balaban J connectivity index is 1.79. The zero-order valence-corrected chi connectivity index (χ0v) is 15.8. The monoisotopic (exact) mass is 398 g/mol. The molecule has 24 heavy (non-hydrogen) atoms. The average Bonchev–Trinajstić information content (AvgIpc) is 2.77. The van der Waals surface area contributed by atoms with Crippen LogP contribution >= 0.6 is 27.5 Å². The Kier molecular flexibility index (Phi) is 3.70. The van der Waals surface area contributed by atoms with Crippen molar-refractivity contribution in [3.63, 3.8) is 0 Å². The molecule has 0 radical (unpaired) electrons. The van der Waals surface area contributed by atoms with Gasteiger partial charge in [-0.1, -0.05) is 65.6 Å². The Morgan fingerprint density at radius 2 is 1.54 bits per heavy atom. The molecule has 3 aromatic carbocycles. The van der Waals surface area contributed by atoms with E-state index in [-0.39, 0.29) is 5.41 Å². The first kappa shape index (κ1) is 15.7. The van der Waals surface area contributed by atoms with E-state index in [4.69, 9.17) is 16.3 Å². The third-order valence-electron chi connectivity index (χ3n) is 4.67. The zero-order valence-electron chi connectivity index (χ0n) is 13.4. The van der Waals surface area contributed by atoms with Gasteiger partial charge in [-0.3, -0.25) is 0 Å². The summed E-state index contributed by atoms with van der Waals surface area (Å²) in [6.45, 7) is 4.51. The second-order valence-electron chi connectivity index (χ2n) is 6.55. The second-order valence-corrected chi connectivity index (χ2v) is 7.88. The molecule has 3 heteroatoms. The summed E-state index contributed by atoms with van der Waals surface area (Å²) in [5.74, 6) is 1.48. The molecule has 1 aliphatic rings. The highest BCUT2D eigenvalue weighted by atomic mass is 79.9. The maximum Gasteiger partial charge on any atom is 0.146 e. The Morgan fingerprint density at radius 1 is 0.875 bits per heavy atom. The molecule has 0 bridgehead atoms. The molecule has 0 spiro atoms. The van der Waals surface area contributed by atoms with Crippen LogP contribution in [0.5, 0.6) is 11.5 Å². The van der Waals surface area contributed by atoms with E-state index >= 15 is 0 Å². The van der Waals surface area contributed by atoms with E-state index in [1.807, 2.05) is 30.3 Å². The number of benzene rings is 3. The van der Waals surface area contributed by atoms with E-state index in [2.05, 4.69) is 60.1 Å². The van der Waals surface area contributed by atoms with Gasteiger partial charge in [0.1, 0.15) is 11.5 Å². The van der Waals surface area contributed by atoms with E-state index in [9.17, 15) is 0 Å². The molecule has 0 heterocycles. The van der Waals surface area contributed by atoms with Crippen molar-refractivity contribution in [2.75, 3.05) is 0 Å². The van der Waals surface area contributed by atoms with Crippen LogP contribution in [-0.2, 0) is 5.41 Å². The fraction of sp³-hybridized carbons (Fsp3) is 0.143. The number of halogens is 2. The minimum absolute atomic E-state index is 0.0612. The number of hydrogen-bond acceptors (Lipinski definition) is 1. The van der Waals surface area contributed by atoms with Crippen molar-refractivity contribution < 1.29 is 4.74 Å². The standard InChI is InChI=1S/C21H16BrClO/c1-21(2)17-11-13(22)7-9-15(17)16-10-8-14(12-18(16)21)24-20-6-4-3-5-19(20)23/h3-12H,1-2H3. The summed E-state index contributed by atoms with van der Waals surface area (Å²) in [4.78, 5) is 0. The van der Waals surface area contributed by atoms with Crippen molar-refractivity contribution in [1.29, 1.82) is 0 Å². The summed E-state index contributed by atoms with van der Waals surface area (Å²) in [6, 6.07) is 20.3. The SMILES string of the molecule is CC1(C)c2cc(Br)ccc2-c2ccc(Oc3ccccc3Cl)cc21. The highest BCUT2D eigenvalue weighted by Crippen LogP contribution is 2.50. The highest BCUT2D eigenvalue weighted by molar-refractivity contribution is 9.10. The van der Waals surface area contributed by atoms with Crippen molar-refractivity contribution in [3.05, 3.63) is 81.3 Å². The second kappa shape index (κ2) is 5.65. The predicted octanol–water partition coefficient (Wildman–Crippen LogP) is 7.20. The highest BCUT2D eigenvalue weighted by Gasteiger charge is 2.35. The van der Waals surface area contributed by atoms with Crippen molar-refractivity contribution in [2.45, 2.75) is 19.3 Å². The first-order valence-corrected chi connectivity index (χ1v) is 9.01. The van der Waals surface area contributed by atoms with E-state index in [1.165, 1.54) is 22.3 Å². The third-order valence-corrected chi connectivity index (χ3v) is 5.48.